The second-order valence-electron chi connectivity index (χ2n) is 5.78. The number of β-amino-alcohol motifs (C(OH)–C–C–N with tert-alkyl or cyclic N) is 1. The standard InChI is InChI=1S/C16H16FN3O4/c17-12-9-11(3-4-13(12)20-8-2-6-18-20)14(21)19-7-1-5-16(24,10-19)15(22)23/h2-4,6,8-9,24H,1,5,7,10H2,(H,22,23). The Morgan fingerprint density at radius 2 is 2.12 bits per heavy atom. The van der Waals surface area contributed by atoms with Gasteiger partial charge in [0.15, 0.2) is 5.60 Å². The van der Waals surface area contributed by atoms with E-state index in [0.29, 0.717) is 13.0 Å². The molecule has 24 heavy (non-hydrogen) atoms. The van der Waals surface area contributed by atoms with Crippen LogP contribution in [-0.4, -0.2) is 55.5 Å². The van der Waals surface area contributed by atoms with E-state index in [1.54, 1.807) is 12.3 Å². The Bertz CT molecular complexity index is 778. The zero-order valence-corrected chi connectivity index (χ0v) is 12.7. The highest BCUT2D eigenvalue weighted by Gasteiger charge is 2.41. The van der Waals surface area contributed by atoms with Crippen molar-refractivity contribution in [2.45, 2.75) is 18.4 Å². The first kappa shape index (κ1) is 16.1. The van der Waals surface area contributed by atoms with E-state index in [1.807, 2.05) is 0 Å². The number of likely N-dealkylation sites (tertiary alicyclic amines) is 1. The average molecular weight is 333 g/mol. The molecule has 1 unspecified atom stereocenters. The lowest BCUT2D eigenvalue weighted by Crippen LogP contribution is -2.54. The number of hydrogen-bond acceptors (Lipinski definition) is 4. The smallest absolute Gasteiger partial charge is 0.337 e. The molecule has 2 aromatic rings. The maximum Gasteiger partial charge on any atom is 0.337 e. The van der Waals surface area contributed by atoms with Crippen LogP contribution in [-0.2, 0) is 4.79 Å². The van der Waals surface area contributed by atoms with Crippen LogP contribution in [0.25, 0.3) is 5.69 Å². The van der Waals surface area contributed by atoms with E-state index >= 15 is 0 Å². The second kappa shape index (κ2) is 6.04. The van der Waals surface area contributed by atoms with Crippen LogP contribution < -0.4 is 0 Å². The van der Waals surface area contributed by atoms with Gasteiger partial charge in [-0.05, 0) is 37.1 Å². The minimum absolute atomic E-state index is 0.0821. The highest BCUT2D eigenvalue weighted by atomic mass is 19.1. The molecular formula is C16H16FN3O4. The van der Waals surface area contributed by atoms with Crippen molar-refractivity contribution < 1.29 is 24.2 Å². The molecule has 3 rings (SSSR count). The zero-order chi connectivity index (χ0) is 17.3. The van der Waals surface area contributed by atoms with Gasteiger partial charge >= 0.3 is 5.97 Å². The van der Waals surface area contributed by atoms with E-state index in [4.69, 9.17) is 5.11 Å². The van der Waals surface area contributed by atoms with Crippen molar-refractivity contribution in [1.82, 2.24) is 14.7 Å². The lowest BCUT2D eigenvalue weighted by molar-refractivity contribution is -0.163. The van der Waals surface area contributed by atoms with Crippen LogP contribution in [0.2, 0.25) is 0 Å². The van der Waals surface area contributed by atoms with Crippen LogP contribution in [0.15, 0.2) is 36.7 Å². The number of carbonyl (C=O) groups excluding carboxylic acids is 1. The van der Waals surface area contributed by atoms with Gasteiger partial charge < -0.3 is 15.1 Å². The zero-order valence-electron chi connectivity index (χ0n) is 12.7. The van der Waals surface area contributed by atoms with Crippen molar-refractivity contribution >= 4 is 11.9 Å². The van der Waals surface area contributed by atoms with Crippen LogP contribution >= 0.6 is 0 Å². The van der Waals surface area contributed by atoms with Crippen molar-refractivity contribution in [3.8, 4) is 5.69 Å². The number of carboxylic acid groups (broad SMARTS) is 1. The number of aliphatic carboxylic acids is 1. The van der Waals surface area contributed by atoms with Gasteiger partial charge in [0.2, 0.25) is 0 Å². The van der Waals surface area contributed by atoms with Crippen molar-refractivity contribution in [2.75, 3.05) is 13.1 Å². The minimum Gasteiger partial charge on any atom is -0.479 e. The van der Waals surface area contributed by atoms with Gasteiger partial charge in [0.1, 0.15) is 11.5 Å². The molecule has 8 heteroatoms. The van der Waals surface area contributed by atoms with Gasteiger partial charge in [-0.25, -0.2) is 13.9 Å². The summed E-state index contributed by atoms with van der Waals surface area (Å²) in [4.78, 5) is 24.9. The third kappa shape index (κ3) is 2.88. The second-order valence-corrected chi connectivity index (χ2v) is 5.78. The van der Waals surface area contributed by atoms with Crippen LogP contribution in [0.4, 0.5) is 4.39 Å². The number of amides is 1. The molecule has 126 valence electrons. The van der Waals surface area contributed by atoms with Crippen molar-refractivity contribution in [3.05, 3.63) is 48.0 Å². The normalized spacial score (nSPS) is 20.8. The topological polar surface area (TPSA) is 95.7 Å². The number of nitrogens with zero attached hydrogens (tertiary/aromatic N) is 3. The first-order chi connectivity index (χ1) is 11.4. The fourth-order valence-electron chi connectivity index (χ4n) is 2.80. The highest BCUT2D eigenvalue weighted by Crippen LogP contribution is 2.24. The Morgan fingerprint density at radius 3 is 2.75 bits per heavy atom. The van der Waals surface area contributed by atoms with Crippen molar-refractivity contribution in [1.29, 1.82) is 0 Å². The lowest BCUT2D eigenvalue weighted by atomic mass is 9.92. The molecular weight excluding hydrogens is 317 g/mol. The largest absolute Gasteiger partial charge is 0.479 e. The molecule has 2 heterocycles. The predicted molar refractivity (Wildman–Crippen MR) is 81.2 cm³/mol. The molecule has 1 aliphatic heterocycles. The van der Waals surface area contributed by atoms with E-state index in [-0.39, 0.29) is 24.2 Å². The van der Waals surface area contributed by atoms with Gasteiger partial charge in [-0.1, -0.05) is 0 Å². The number of hydrogen-bond donors (Lipinski definition) is 2. The summed E-state index contributed by atoms with van der Waals surface area (Å²) in [5.41, 5.74) is -1.66. The molecule has 1 aromatic heterocycles. The van der Waals surface area contributed by atoms with Crippen LogP contribution in [0.5, 0.6) is 0 Å². The third-order valence-electron chi connectivity index (χ3n) is 4.10. The molecule has 1 saturated heterocycles. The molecule has 0 bridgehead atoms. The quantitative estimate of drug-likeness (QED) is 0.876. The monoisotopic (exact) mass is 333 g/mol. The van der Waals surface area contributed by atoms with Gasteiger partial charge in [0.05, 0.1) is 6.54 Å². The van der Waals surface area contributed by atoms with Gasteiger partial charge in [0, 0.05) is 24.5 Å². The SMILES string of the molecule is O=C(c1ccc(-n2cccn2)c(F)c1)N1CCCC(O)(C(=O)O)C1. The molecule has 1 aliphatic rings. The maximum atomic E-state index is 14.2. The first-order valence-corrected chi connectivity index (χ1v) is 7.45. The summed E-state index contributed by atoms with van der Waals surface area (Å²) in [5, 5.41) is 23.1. The van der Waals surface area contributed by atoms with Gasteiger partial charge in [-0.2, -0.15) is 5.10 Å². The molecule has 0 aliphatic carbocycles. The van der Waals surface area contributed by atoms with Gasteiger partial charge in [-0.3, -0.25) is 4.79 Å². The lowest BCUT2D eigenvalue weighted by Gasteiger charge is -2.36. The molecule has 1 aromatic carbocycles. The van der Waals surface area contributed by atoms with Crippen LogP contribution in [0, 0.1) is 5.82 Å². The third-order valence-corrected chi connectivity index (χ3v) is 4.10. The Kier molecular flexibility index (Phi) is 4.06. The Morgan fingerprint density at radius 1 is 1.33 bits per heavy atom. The van der Waals surface area contributed by atoms with Crippen LogP contribution in [0.3, 0.4) is 0 Å². The summed E-state index contributed by atoms with van der Waals surface area (Å²) in [6, 6.07) is 5.63. The van der Waals surface area contributed by atoms with E-state index in [0.717, 1.165) is 6.07 Å². The molecule has 1 amide bonds. The summed E-state index contributed by atoms with van der Waals surface area (Å²) < 4.78 is 15.6. The number of benzene rings is 1. The van der Waals surface area contributed by atoms with E-state index < -0.39 is 23.3 Å². The van der Waals surface area contributed by atoms with E-state index in [2.05, 4.69) is 5.10 Å². The molecule has 1 atom stereocenters. The van der Waals surface area contributed by atoms with E-state index in [1.165, 1.54) is 27.9 Å². The summed E-state index contributed by atoms with van der Waals surface area (Å²) in [5.74, 6) is -2.49. The predicted octanol–water partition coefficient (Wildman–Crippen LogP) is 1.06. The average Bonchev–Trinajstić information content (AvgIpc) is 3.08. The van der Waals surface area contributed by atoms with Crippen LogP contribution in [0.1, 0.15) is 23.2 Å². The Labute approximate surface area is 136 Å². The Hall–Kier alpha value is -2.74. The fourth-order valence-corrected chi connectivity index (χ4v) is 2.80. The number of piperidine rings is 1. The highest BCUT2D eigenvalue weighted by molar-refractivity contribution is 5.95. The molecule has 0 saturated carbocycles. The van der Waals surface area contributed by atoms with Gasteiger partial charge in [-0.15, -0.1) is 0 Å². The molecule has 7 nitrogen and oxygen atoms in total. The number of carboxylic acids is 1. The number of rotatable bonds is 3. The maximum absolute atomic E-state index is 14.2. The first-order valence-electron chi connectivity index (χ1n) is 7.45. The fraction of sp³-hybridized carbons (Fsp3) is 0.312. The van der Waals surface area contributed by atoms with Crippen molar-refractivity contribution in [2.24, 2.45) is 0 Å². The summed E-state index contributed by atoms with van der Waals surface area (Å²) in [6.07, 6.45) is 3.54. The number of carbonyl (C=O) groups is 2. The molecule has 0 radical (unpaired) electrons. The summed E-state index contributed by atoms with van der Waals surface area (Å²) in [6.45, 7) is 0.000638. The van der Waals surface area contributed by atoms with Crippen molar-refractivity contribution in [3.63, 3.8) is 0 Å². The molecule has 2 N–H and O–H groups in total. The minimum atomic E-state index is -1.96. The van der Waals surface area contributed by atoms with Gasteiger partial charge in [0.25, 0.3) is 5.91 Å². The molecule has 1 fully saturated rings. The van der Waals surface area contributed by atoms with E-state index in [9.17, 15) is 19.1 Å². The number of aliphatic hydroxyl groups is 1. The number of aromatic nitrogens is 2. The Balaban J connectivity index is 1.83. The summed E-state index contributed by atoms with van der Waals surface area (Å²) in [7, 11) is 0. The number of halogens is 1. The summed E-state index contributed by atoms with van der Waals surface area (Å²) >= 11 is 0. The molecule has 0 spiro atoms.